The normalized spacial score (nSPS) is 10.8. The summed E-state index contributed by atoms with van der Waals surface area (Å²) in [4.78, 5) is 26.0. The van der Waals surface area contributed by atoms with E-state index in [0.717, 1.165) is 27.5 Å². The van der Waals surface area contributed by atoms with Gasteiger partial charge in [0.2, 0.25) is 5.91 Å². The van der Waals surface area contributed by atoms with Gasteiger partial charge in [-0.1, -0.05) is 48.5 Å². The van der Waals surface area contributed by atoms with Crippen LogP contribution in [-0.2, 0) is 11.3 Å². The van der Waals surface area contributed by atoms with Gasteiger partial charge in [-0.05, 0) is 23.8 Å². The van der Waals surface area contributed by atoms with Gasteiger partial charge in [0.15, 0.2) is 0 Å². The van der Waals surface area contributed by atoms with Crippen molar-refractivity contribution >= 4 is 39.6 Å². The monoisotopic (exact) mass is 401 g/mol. The van der Waals surface area contributed by atoms with Gasteiger partial charge in [-0.3, -0.25) is 4.79 Å². The minimum atomic E-state index is -0.213. The first-order valence-electron chi connectivity index (χ1n) is 9.84. The highest BCUT2D eigenvalue weighted by Crippen LogP contribution is 2.30. The maximum Gasteiger partial charge on any atom is 0.317 e. The Balaban J connectivity index is 1.28. The Kier molecular flexibility index (Phi) is 5.66. The van der Waals surface area contributed by atoms with E-state index in [1.54, 1.807) is 11.9 Å². The van der Waals surface area contributed by atoms with Gasteiger partial charge in [0.05, 0.1) is 0 Å². The number of anilines is 1. The van der Waals surface area contributed by atoms with Gasteiger partial charge in [-0.15, -0.1) is 0 Å². The SMILES string of the molecule is CN(Cc1ccccc1)C(=O)NCCC(=O)Nc1ccc2c(c1)oc1ccccc12. The molecular formula is C24H23N3O3. The van der Waals surface area contributed by atoms with Crippen molar-refractivity contribution in [2.75, 3.05) is 18.9 Å². The molecule has 1 aromatic heterocycles. The summed E-state index contributed by atoms with van der Waals surface area (Å²) >= 11 is 0. The number of hydrogen-bond donors (Lipinski definition) is 2. The molecular weight excluding hydrogens is 378 g/mol. The van der Waals surface area contributed by atoms with Gasteiger partial charge in [-0.2, -0.15) is 0 Å². The smallest absolute Gasteiger partial charge is 0.317 e. The number of rotatable bonds is 6. The van der Waals surface area contributed by atoms with Crippen LogP contribution in [0.2, 0.25) is 0 Å². The fourth-order valence-corrected chi connectivity index (χ4v) is 3.37. The molecule has 0 unspecified atom stereocenters. The number of furan rings is 1. The van der Waals surface area contributed by atoms with Gasteiger partial charge in [-0.25, -0.2) is 4.79 Å². The zero-order valence-electron chi connectivity index (χ0n) is 16.7. The van der Waals surface area contributed by atoms with E-state index in [4.69, 9.17) is 4.42 Å². The molecule has 0 saturated heterocycles. The Bertz CT molecular complexity index is 1180. The number of benzene rings is 3. The maximum absolute atomic E-state index is 12.3. The van der Waals surface area contributed by atoms with Gasteiger partial charge >= 0.3 is 6.03 Å². The molecule has 4 aromatic rings. The van der Waals surface area contributed by atoms with Crippen LogP contribution in [-0.4, -0.2) is 30.4 Å². The quantitative estimate of drug-likeness (QED) is 0.489. The van der Waals surface area contributed by atoms with Crippen LogP contribution in [0.3, 0.4) is 0 Å². The van der Waals surface area contributed by atoms with Crippen LogP contribution in [0.15, 0.2) is 77.2 Å². The first kappa shape index (κ1) is 19.5. The van der Waals surface area contributed by atoms with Crippen LogP contribution in [0.25, 0.3) is 21.9 Å². The molecule has 30 heavy (non-hydrogen) atoms. The zero-order valence-corrected chi connectivity index (χ0v) is 16.7. The van der Waals surface area contributed by atoms with E-state index in [1.165, 1.54) is 0 Å². The van der Waals surface area contributed by atoms with Crippen LogP contribution < -0.4 is 10.6 Å². The lowest BCUT2D eigenvalue weighted by molar-refractivity contribution is -0.116. The average Bonchev–Trinajstić information content (AvgIpc) is 3.12. The Morgan fingerprint density at radius 2 is 1.63 bits per heavy atom. The number of para-hydroxylation sites is 1. The summed E-state index contributed by atoms with van der Waals surface area (Å²) in [6, 6.07) is 23.0. The highest BCUT2D eigenvalue weighted by Gasteiger charge is 2.11. The minimum absolute atomic E-state index is 0.170. The van der Waals surface area contributed by atoms with E-state index in [-0.39, 0.29) is 24.9 Å². The molecule has 1 heterocycles. The van der Waals surface area contributed by atoms with Gasteiger partial charge in [0, 0.05) is 49.1 Å². The van der Waals surface area contributed by atoms with Crippen LogP contribution in [0.1, 0.15) is 12.0 Å². The van der Waals surface area contributed by atoms with Crippen molar-refractivity contribution in [1.82, 2.24) is 10.2 Å². The van der Waals surface area contributed by atoms with E-state index in [2.05, 4.69) is 10.6 Å². The second-order valence-electron chi connectivity index (χ2n) is 7.18. The standard InChI is InChI=1S/C24H23N3O3/c1-27(16-17-7-3-2-4-8-17)24(29)25-14-13-23(28)26-18-11-12-20-19-9-5-6-10-21(19)30-22(20)15-18/h2-12,15H,13-14,16H2,1H3,(H,25,29)(H,26,28). The third kappa shape index (κ3) is 4.43. The average molecular weight is 401 g/mol. The summed E-state index contributed by atoms with van der Waals surface area (Å²) in [5, 5.41) is 7.69. The van der Waals surface area contributed by atoms with Crippen molar-refractivity contribution in [1.29, 1.82) is 0 Å². The molecule has 3 aromatic carbocycles. The molecule has 0 aliphatic carbocycles. The molecule has 0 aliphatic heterocycles. The molecule has 152 valence electrons. The molecule has 2 N–H and O–H groups in total. The Labute approximate surface area is 174 Å². The number of urea groups is 1. The van der Waals surface area contributed by atoms with Crippen molar-refractivity contribution in [3.63, 3.8) is 0 Å². The molecule has 3 amide bonds. The van der Waals surface area contributed by atoms with E-state index in [0.29, 0.717) is 12.2 Å². The number of nitrogens with one attached hydrogen (secondary N) is 2. The first-order chi connectivity index (χ1) is 14.6. The Morgan fingerprint density at radius 1 is 0.900 bits per heavy atom. The molecule has 4 rings (SSSR count). The third-order valence-corrected chi connectivity index (χ3v) is 4.90. The second kappa shape index (κ2) is 8.69. The van der Waals surface area contributed by atoms with Crippen molar-refractivity contribution < 1.29 is 14.0 Å². The second-order valence-corrected chi connectivity index (χ2v) is 7.18. The molecule has 0 radical (unpaired) electrons. The minimum Gasteiger partial charge on any atom is -0.456 e. The zero-order chi connectivity index (χ0) is 20.9. The number of carbonyl (C=O) groups excluding carboxylic acids is 2. The number of carbonyl (C=O) groups is 2. The van der Waals surface area contributed by atoms with Crippen LogP contribution >= 0.6 is 0 Å². The lowest BCUT2D eigenvalue weighted by Crippen LogP contribution is -2.38. The molecule has 0 spiro atoms. The fraction of sp³-hybridized carbons (Fsp3) is 0.167. The third-order valence-electron chi connectivity index (χ3n) is 4.90. The molecule has 0 fully saturated rings. The van der Waals surface area contributed by atoms with Crippen molar-refractivity contribution in [3.05, 3.63) is 78.4 Å². The van der Waals surface area contributed by atoms with E-state index < -0.39 is 0 Å². The van der Waals surface area contributed by atoms with E-state index >= 15 is 0 Å². The highest BCUT2D eigenvalue weighted by molar-refractivity contribution is 6.06. The van der Waals surface area contributed by atoms with Gasteiger partial charge in [0.25, 0.3) is 0 Å². The summed E-state index contributed by atoms with van der Waals surface area (Å²) in [6.07, 6.45) is 0.184. The Morgan fingerprint density at radius 3 is 2.47 bits per heavy atom. The van der Waals surface area contributed by atoms with Crippen molar-refractivity contribution in [3.8, 4) is 0 Å². The Hall–Kier alpha value is -3.80. The van der Waals surface area contributed by atoms with Crippen molar-refractivity contribution in [2.45, 2.75) is 13.0 Å². The van der Waals surface area contributed by atoms with Crippen molar-refractivity contribution in [2.24, 2.45) is 0 Å². The molecule has 0 bridgehead atoms. The molecule has 6 nitrogen and oxygen atoms in total. The topological polar surface area (TPSA) is 74.6 Å². The molecule has 0 aliphatic rings. The van der Waals surface area contributed by atoms with E-state index in [9.17, 15) is 9.59 Å². The number of amides is 3. The van der Waals surface area contributed by atoms with Crippen LogP contribution in [0, 0.1) is 0 Å². The lowest BCUT2D eigenvalue weighted by Gasteiger charge is -2.18. The van der Waals surface area contributed by atoms with Crippen LogP contribution in [0.4, 0.5) is 10.5 Å². The largest absolute Gasteiger partial charge is 0.456 e. The summed E-state index contributed by atoms with van der Waals surface area (Å²) in [7, 11) is 1.73. The predicted molar refractivity (Wildman–Crippen MR) is 118 cm³/mol. The first-order valence-corrected chi connectivity index (χ1v) is 9.84. The predicted octanol–water partition coefficient (Wildman–Crippen LogP) is 4.76. The fourth-order valence-electron chi connectivity index (χ4n) is 3.37. The summed E-state index contributed by atoms with van der Waals surface area (Å²) in [5.41, 5.74) is 3.26. The summed E-state index contributed by atoms with van der Waals surface area (Å²) in [5.74, 6) is -0.170. The summed E-state index contributed by atoms with van der Waals surface area (Å²) in [6.45, 7) is 0.771. The highest BCUT2D eigenvalue weighted by atomic mass is 16.3. The van der Waals surface area contributed by atoms with Crippen LogP contribution in [0.5, 0.6) is 0 Å². The number of hydrogen-bond acceptors (Lipinski definition) is 3. The van der Waals surface area contributed by atoms with Gasteiger partial charge in [0.1, 0.15) is 11.2 Å². The maximum atomic E-state index is 12.3. The van der Waals surface area contributed by atoms with E-state index in [1.807, 2.05) is 72.8 Å². The molecule has 6 heteroatoms. The lowest BCUT2D eigenvalue weighted by atomic mass is 10.1. The van der Waals surface area contributed by atoms with Gasteiger partial charge < -0.3 is 20.0 Å². The number of fused-ring (bicyclic) bond motifs is 3. The number of nitrogens with zero attached hydrogens (tertiary/aromatic N) is 1. The summed E-state index contributed by atoms with van der Waals surface area (Å²) < 4.78 is 5.85. The molecule has 0 saturated carbocycles. The molecule has 0 atom stereocenters.